The zero-order valence-corrected chi connectivity index (χ0v) is 15.6. The molecule has 2 amide bonds. The van der Waals surface area contributed by atoms with Crippen LogP contribution in [0.1, 0.15) is 11.1 Å². The number of pyridine rings is 1. The molecule has 1 aromatic heterocycles. The van der Waals surface area contributed by atoms with Gasteiger partial charge in [-0.2, -0.15) is 13.2 Å². The number of hydrogen-bond acceptors (Lipinski definition) is 3. The Hall–Kier alpha value is -3.26. The number of aromatic nitrogens is 1. The molecule has 0 bridgehead atoms. The fourth-order valence-corrected chi connectivity index (χ4v) is 2.83. The lowest BCUT2D eigenvalue weighted by Gasteiger charge is -2.16. The minimum atomic E-state index is -4.58. The fourth-order valence-electron chi connectivity index (χ4n) is 2.64. The predicted octanol–water partition coefficient (Wildman–Crippen LogP) is 5.49. The molecule has 9 heteroatoms. The van der Waals surface area contributed by atoms with Crippen molar-refractivity contribution in [3.8, 4) is 17.0 Å². The molecule has 0 aliphatic heterocycles. The molecular weight excluding hydrogens is 407 g/mol. The molecule has 5 nitrogen and oxygen atoms in total. The Morgan fingerprint density at radius 3 is 2.59 bits per heavy atom. The number of primary amides is 1. The summed E-state index contributed by atoms with van der Waals surface area (Å²) in [5.74, 6) is 0.222. The van der Waals surface area contributed by atoms with E-state index in [1.807, 2.05) is 0 Å². The molecule has 0 fully saturated rings. The first-order chi connectivity index (χ1) is 13.8. The molecule has 29 heavy (non-hydrogen) atoms. The Kier molecular flexibility index (Phi) is 5.93. The monoisotopic (exact) mass is 421 g/mol. The van der Waals surface area contributed by atoms with Crippen molar-refractivity contribution in [1.82, 2.24) is 4.98 Å². The number of nitrogens with zero attached hydrogens (tertiary/aromatic N) is 1. The minimum Gasteiger partial charge on any atom is -0.487 e. The summed E-state index contributed by atoms with van der Waals surface area (Å²) in [4.78, 5) is 15.4. The van der Waals surface area contributed by atoms with E-state index in [4.69, 9.17) is 22.1 Å². The van der Waals surface area contributed by atoms with E-state index in [9.17, 15) is 18.0 Å². The number of urea groups is 1. The molecule has 0 aliphatic rings. The molecule has 1 heterocycles. The number of nitrogens with one attached hydrogen (secondary N) is 1. The van der Waals surface area contributed by atoms with Gasteiger partial charge in [-0.1, -0.05) is 29.8 Å². The summed E-state index contributed by atoms with van der Waals surface area (Å²) in [5, 5.41) is 2.81. The summed E-state index contributed by atoms with van der Waals surface area (Å²) in [6.07, 6.45) is -3.17. The smallest absolute Gasteiger partial charge is 0.416 e. The molecule has 2 aromatic carbocycles. The van der Waals surface area contributed by atoms with Crippen LogP contribution in [-0.4, -0.2) is 11.0 Å². The number of hydrogen-bond donors (Lipinski definition) is 2. The van der Waals surface area contributed by atoms with Crippen LogP contribution in [0, 0.1) is 0 Å². The van der Waals surface area contributed by atoms with Crippen molar-refractivity contribution in [3.05, 3.63) is 76.9 Å². The molecule has 3 rings (SSSR count). The summed E-state index contributed by atoms with van der Waals surface area (Å²) < 4.78 is 45.4. The van der Waals surface area contributed by atoms with E-state index >= 15 is 0 Å². The van der Waals surface area contributed by atoms with Crippen molar-refractivity contribution < 1.29 is 22.7 Å². The lowest BCUT2D eigenvalue weighted by Crippen LogP contribution is -2.20. The van der Waals surface area contributed by atoms with Gasteiger partial charge in [0.2, 0.25) is 0 Å². The first kappa shape index (κ1) is 20.5. The van der Waals surface area contributed by atoms with Gasteiger partial charge in [-0.15, -0.1) is 0 Å². The number of alkyl halides is 3. The Morgan fingerprint density at radius 2 is 1.90 bits per heavy atom. The van der Waals surface area contributed by atoms with Gasteiger partial charge in [0.15, 0.2) is 0 Å². The highest BCUT2D eigenvalue weighted by atomic mass is 35.5. The Bertz CT molecular complexity index is 1040. The zero-order chi connectivity index (χ0) is 21.0. The third kappa shape index (κ3) is 4.97. The predicted molar refractivity (Wildman–Crippen MR) is 104 cm³/mol. The van der Waals surface area contributed by atoms with Crippen molar-refractivity contribution >= 4 is 23.3 Å². The number of carbonyl (C=O) groups excluding carboxylic acids is 1. The number of anilines is 1. The van der Waals surface area contributed by atoms with E-state index in [1.54, 1.807) is 36.4 Å². The average molecular weight is 422 g/mol. The van der Waals surface area contributed by atoms with Crippen LogP contribution < -0.4 is 15.8 Å². The standard InChI is InChI=1S/C20H15ClF3N3O2/c21-15-5-2-1-4-12(15)11-29-17-6-3-9-26-18(17)14-10-13(20(22,23)24)7-8-16(14)27-19(25)28/h1-10H,11H2,(H3,25,27,28). The van der Waals surface area contributed by atoms with Gasteiger partial charge in [-0.05, 0) is 36.4 Å². The largest absolute Gasteiger partial charge is 0.487 e. The van der Waals surface area contributed by atoms with Crippen molar-refractivity contribution in [2.45, 2.75) is 12.8 Å². The molecule has 3 aromatic rings. The summed E-state index contributed by atoms with van der Waals surface area (Å²) >= 11 is 6.12. The van der Waals surface area contributed by atoms with Gasteiger partial charge < -0.3 is 15.8 Å². The first-order valence-electron chi connectivity index (χ1n) is 8.35. The van der Waals surface area contributed by atoms with Gasteiger partial charge in [0.25, 0.3) is 0 Å². The van der Waals surface area contributed by atoms with E-state index in [-0.39, 0.29) is 29.3 Å². The Balaban J connectivity index is 2.03. The van der Waals surface area contributed by atoms with Gasteiger partial charge in [0.1, 0.15) is 18.1 Å². The van der Waals surface area contributed by atoms with Crippen LogP contribution in [0.25, 0.3) is 11.3 Å². The van der Waals surface area contributed by atoms with Crippen LogP contribution >= 0.6 is 11.6 Å². The van der Waals surface area contributed by atoms with E-state index < -0.39 is 17.8 Å². The van der Waals surface area contributed by atoms with Gasteiger partial charge in [0, 0.05) is 22.3 Å². The SMILES string of the molecule is NC(=O)Nc1ccc(C(F)(F)F)cc1-c1ncccc1OCc1ccccc1Cl. The lowest BCUT2D eigenvalue weighted by atomic mass is 10.0. The topological polar surface area (TPSA) is 77.2 Å². The minimum absolute atomic E-state index is 0.0217. The molecular formula is C20H15ClF3N3O2. The maximum Gasteiger partial charge on any atom is 0.416 e. The second kappa shape index (κ2) is 8.40. The van der Waals surface area contributed by atoms with Crippen LogP contribution in [0.4, 0.5) is 23.7 Å². The number of benzene rings is 2. The highest BCUT2D eigenvalue weighted by molar-refractivity contribution is 6.31. The van der Waals surface area contributed by atoms with Crippen LogP contribution in [0.15, 0.2) is 60.8 Å². The molecule has 3 N–H and O–H groups in total. The number of nitrogens with two attached hydrogens (primary N) is 1. The fraction of sp³-hybridized carbons (Fsp3) is 0.100. The highest BCUT2D eigenvalue weighted by Gasteiger charge is 2.31. The number of rotatable bonds is 5. The maximum absolute atomic E-state index is 13.2. The van der Waals surface area contributed by atoms with Crippen molar-refractivity contribution in [1.29, 1.82) is 0 Å². The maximum atomic E-state index is 13.2. The van der Waals surface area contributed by atoms with Crippen LogP contribution in [0.5, 0.6) is 5.75 Å². The molecule has 0 aliphatic carbocycles. The second-order valence-corrected chi connectivity index (χ2v) is 6.38. The van der Waals surface area contributed by atoms with Crippen LogP contribution in [0.2, 0.25) is 5.02 Å². The Labute approximate surface area is 169 Å². The summed E-state index contributed by atoms with van der Waals surface area (Å²) in [7, 11) is 0. The van der Waals surface area contributed by atoms with Gasteiger partial charge in [0.05, 0.1) is 11.3 Å². The summed E-state index contributed by atoms with van der Waals surface area (Å²) in [6, 6.07) is 12.1. The molecule has 0 atom stereocenters. The number of halogens is 4. The van der Waals surface area contributed by atoms with Crippen LogP contribution in [-0.2, 0) is 12.8 Å². The molecule has 0 spiro atoms. The van der Waals surface area contributed by atoms with Crippen molar-refractivity contribution in [2.24, 2.45) is 5.73 Å². The van der Waals surface area contributed by atoms with E-state index in [0.717, 1.165) is 18.2 Å². The Morgan fingerprint density at radius 1 is 1.14 bits per heavy atom. The first-order valence-corrected chi connectivity index (χ1v) is 8.73. The van der Waals surface area contributed by atoms with Gasteiger partial charge >= 0.3 is 12.2 Å². The van der Waals surface area contributed by atoms with E-state index in [0.29, 0.717) is 10.6 Å². The number of amides is 2. The second-order valence-electron chi connectivity index (χ2n) is 5.98. The third-order valence-corrected chi connectivity index (χ3v) is 4.34. The molecule has 150 valence electrons. The van der Waals surface area contributed by atoms with Gasteiger partial charge in [-0.25, -0.2) is 4.79 Å². The average Bonchev–Trinajstić information content (AvgIpc) is 2.67. The normalized spacial score (nSPS) is 11.2. The summed E-state index contributed by atoms with van der Waals surface area (Å²) in [5.41, 5.74) is 5.16. The van der Waals surface area contributed by atoms with E-state index in [2.05, 4.69) is 10.3 Å². The molecule has 0 unspecified atom stereocenters. The molecule has 0 saturated carbocycles. The highest BCUT2D eigenvalue weighted by Crippen LogP contribution is 2.38. The van der Waals surface area contributed by atoms with Gasteiger partial charge in [-0.3, -0.25) is 4.98 Å². The third-order valence-electron chi connectivity index (χ3n) is 3.97. The van der Waals surface area contributed by atoms with Crippen LogP contribution in [0.3, 0.4) is 0 Å². The van der Waals surface area contributed by atoms with Crippen molar-refractivity contribution in [3.63, 3.8) is 0 Å². The van der Waals surface area contributed by atoms with Crippen molar-refractivity contribution in [2.75, 3.05) is 5.32 Å². The quantitative estimate of drug-likeness (QED) is 0.571. The van der Waals surface area contributed by atoms with E-state index in [1.165, 1.54) is 6.20 Å². The lowest BCUT2D eigenvalue weighted by molar-refractivity contribution is -0.137. The molecule has 0 radical (unpaired) electrons. The molecule has 0 saturated heterocycles. The summed E-state index contributed by atoms with van der Waals surface area (Å²) in [6.45, 7) is 0.0793. The number of carbonyl (C=O) groups is 1. The zero-order valence-electron chi connectivity index (χ0n) is 14.8. The number of ether oxygens (including phenoxy) is 1.